The molecule has 3 unspecified atom stereocenters. The molecule has 0 heterocycles. The summed E-state index contributed by atoms with van der Waals surface area (Å²) < 4.78 is 5.53. The Morgan fingerprint density at radius 2 is 1.78 bits per heavy atom. The van der Waals surface area contributed by atoms with Crippen molar-refractivity contribution in [3.63, 3.8) is 0 Å². The summed E-state index contributed by atoms with van der Waals surface area (Å²) in [6, 6.07) is 18.0. The predicted octanol–water partition coefficient (Wildman–Crippen LogP) is 4.23. The Morgan fingerprint density at radius 1 is 1.11 bits per heavy atom. The van der Waals surface area contributed by atoms with Crippen LogP contribution in [0.5, 0.6) is 5.75 Å². The maximum atomic E-state index is 12.9. The van der Waals surface area contributed by atoms with Crippen molar-refractivity contribution in [3.8, 4) is 5.75 Å². The Hall–Kier alpha value is -2.04. The minimum Gasteiger partial charge on any atom is -0.494 e. The topological polar surface area (TPSA) is 64.3 Å². The van der Waals surface area contributed by atoms with Gasteiger partial charge in [-0.3, -0.25) is 4.79 Å². The summed E-state index contributed by atoms with van der Waals surface area (Å²) in [4.78, 5) is 12.9. The molecular weight excluding hydrogens is 360 g/mol. The van der Waals surface area contributed by atoms with Crippen LogP contribution < -0.4 is 15.8 Å². The number of benzene rings is 2. The number of amides is 1. The second kappa shape index (κ2) is 10.3. The van der Waals surface area contributed by atoms with E-state index in [1.807, 2.05) is 61.5 Å². The van der Waals surface area contributed by atoms with E-state index in [4.69, 9.17) is 10.5 Å². The van der Waals surface area contributed by atoms with Gasteiger partial charge in [0.15, 0.2) is 0 Å². The van der Waals surface area contributed by atoms with E-state index < -0.39 is 0 Å². The molecule has 2 aromatic carbocycles. The van der Waals surface area contributed by atoms with Gasteiger partial charge < -0.3 is 15.8 Å². The Labute approximate surface area is 167 Å². The molecule has 1 saturated carbocycles. The first-order chi connectivity index (χ1) is 12.7. The van der Waals surface area contributed by atoms with Gasteiger partial charge in [-0.2, -0.15) is 0 Å². The van der Waals surface area contributed by atoms with Crippen molar-refractivity contribution in [1.82, 2.24) is 5.32 Å². The van der Waals surface area contributed by atoms with Crippen LogP contribution >= 0.6 is 12.4 Å². The van der Waals surface area contributed by atoms with Crippen LogP contribution in [0, 0.1) is 5.92 Å². The lowest BCUT2D eigenvalue weighted by atomic mass is 9.85. The van der Waals surface area contributed by atoms with Crippen molar-refractivity contribution >= 4 is 18.3 Å². The Bertz CT molecular complexity index is 706. The molecule has 3 rings (SSSR count). The fraction of sp³-hybridized carbons (Fsp3) is 0.409. The molecular formula is C22H29ClN2O2. The highest BCUT2D eigenvalue weighted by molar-refractivity contribution is 5.85. The number of nitrogens with one attached hydrogen (secondary N) is 1. The van der Waals surface area contributed by atoms with Crippen LogP contribution in [-0.2, 0) is 4.79 Å². The summed E-state index contributed by atoms with van der Waals surface area (Å²) in [6.07, 6.45) is 3.74. The van der Waals surface area contributed by atoms with Gasteiger partial charge >= 0.3 is 0 Å². The van der Waals surface area contributed by atoms with Crippen LogP contribution in [0.4, 0.5) is 0 Å². The first-order valence-corrected chi connectivity index (χ1v) is 9.51. The number of ether oxygens (including phenoxy) is 1. The van der Waals surface area contributed by atoms with Gasteiger partial charge in [0, 0.05) is 12.0 Å². The largest absolute Gasteiger partial charge is 0.494 e. The van der Waals surface area contributed by atoms with Crippen LogP contribution in [0.25, 0.3) is 0 Å². The van der Waals surface area contributed by atoms with Crippen molar-refractivity contribution in [3.05, 3.63) is 65.7 Å². The normalized spacial score (nSPS) is 20.2. The molecule has 2 aromatic rings. The number of hydrogen-bond donors (Lipinski definition) is 2. The van der Waals surface area contributed by atoms with E-state index >= 15 is 0 Å². The Balaban J connectivity index is 0.00000261. The van der Waals surface area contributed by atoms with Crippen LogP contribution in [0.3, 0.4) is 0 Å². The molecule has 3 N–H and O–H groups in total. The maximum absolute atomic E-state index is 12.9. The molecule has 146 valence electrons. The van der Waals surface area contributed by atoms with E-state index in [1.165, 1.54) is 0 Å². The summed E-state index contributed by atoms with van der Waals surface area (Å²) in [6.45, 7) is 2.61. The predicted molar refractivity (Wildman–Crippen MR) is 111 cm³/mol. The standard InChI is InChI=1S/C22H28N2O2.ClH/c1-2-26-20-13-11-17(12-14-20)21(16-7-4-3-5-8-16)24-22(25)18-9-6-10-19(23)15-18;/h3-5,7-8,11-14,18-19,21H,2,6,9-10,15,23H2,1H3,(H,24,25);1H. The van der Waals surface area contributed by atoms with Gasteiger partial charge in [-0.1, -0.05) is 48.9 Å². The molecule has 3 atom stereocenters. The molecule has 0 spiro atoms. The van der Waals surface area contributed by atoms with Gasteiger partial charge in [-0.05, 0) is 49.4 Å². The molecule has 0 aliphatic heterocycles. The molecule has 0 radical (unpaired) electrons. The first kappa shape index (κ1) is 21.3. The van der Waals surface area contributed by atoms with Crippen molar-refractivity contribution in [2.24, 2.45) is 11.7 Å². The molecule has 1 aliphatic carbocycles. The zero-order valence-electron chi connectivity index (χ0n) is 15.8. The SMILES string of the molecule is CCOc1ccc(C(NC(=O)C2CCCC(N)C2)c2ccccc2)cc1.Cl. The van der Waals surface area contributed by atoms with Gasteiger partial charge in [-0.15, -0.1) is 12.4 Å². The maximum Gasteiger partial charge on any atom is 0.223 e. The molecule has 0 saturated heterocycles. The van der Waals surface area contributed by atoms with E-state index in [9.17, 15) is 4.79 Å². The van der Waals surface area contributed by atoms with E-state index in [2.05, 4.69) is 5.32 Å². The number of carbonyl (C=O) groups excluding carboxylic acids is 1. The third kappa shape index (κ3) is 5.72. The lowest BCUT2D eigenvalue weighted by molar-refractivity contribution is -0.126. The Morgan fingerprint density at radius 3 is 2.41 bits per heavy atom. The Kier molecular flexibility index (Phi) is 8.14. The van der Waals surface area contributed by atoms with Gasteiger partial charge in [-0.25, -0.2) is 0 Å². The fourth-order valence-corrected chi connectivity index (χ4v) is 3.65. The lowest BCUT2D eigenvalue weighted by Gasteiger charge is -2.28. The highest BCUT2D eigenvalue weighted by atomic mass is 35.5. The molecule has 1 aliphatic rings. The van der Waals surface area contributed by atoms with E-state index in [-0.39, 0.29) is 36.3 Å². The summed E-state index contributed by atoms with van der Waals surface area (Å²) in [7, 11) is 0. The highest BCUT2D eigenvalue weighted by Gasteiger charge is 2.27. The fourth-order valence-electron chi connectivity index (χ4n) is 3.65. The number of carbonyl (C=O) groups is 1. The van der Waals surface area contributed by atoms with Crippen molar-refractivity contribution in [1.29, 1.82) is 0 Å². The zero-order valence-corrected chi connectivity index (χ0v) is 16.6. The van der Waals surface area contributed by atoms with E-state index in [0.29, 0.717) is 6.61 Å². The van der Waals surface area contributed by atoms with E-state index in [1.54, 1.807) is 0 Å². The zero-order chi connectivity index (χ0) is 18.4. The first-order valence-electron chi connectivity index (χ1n) is 9.51. The highest BCUT2D eigenvalue weighted by Crippen LogP contribution is 2.28. The summed E-state index contributed by atoms with van der Waals surface area (Å²) in [5.41, 5.74) is 8.19. The average molecular weight is 389 g/mol. The van der Waals surface area contributed by atoms with Crippen molar-refractivity contribution < 1.29 is 9.53 Å². The molecule has 1 fully saturated rings. The third-order valence-corrected chi connectivity index (χ3v) is 5.03. The van der Waals surface area contributed by atoms with E-state index in [0.717, 1.165) is 42.6 Å². The van der Waals surface area contributed by atoms with Crippen molar-refractivity contribution in [2.45, 2.75) is 44.7 Å². The molecule has 0 aromatic heterocycles. The molecule has 1 amide bonds. The molecule has 27 heavy (non-hydrogen) atoms. The molecule has 5 heteroatoms. The molecule has 4 nitrogen and oxygen atoms in total. The lowest BCUT2D eigenvalue weighted by Crippen LogP contribution is -2.39. The van der Waals surface area contributed by atoms with Gasteiger partial charge in [0.2, 0.25) is 5.91 Å². The second-order valence-corrected chi connectivity index (χ2v) is 6.98. The third-order valence-electron chi connectivity index (χ3n) is 5.03. The molecule has 0 bridgehead atoms. The van der Waals surface area contributed by atoms with Crippen LogP contribution in [-0.4, -0.2) is 18.6 Å². The van der Waals surface area contributed by atoms with Crippen LogP contribution in [0.15, 0.2) is 54.6 Å². The minimum absolute atomic E-state index is 0. The number of hydrogen-bond acceptors (Lipinski definition) is 3. The van der Waals surface area contributed by atoms with Crippen LogP contribution in [0.2, 0.25) is 0 Å². The number of rotatable bonds is 6. The second-order valence-electron chi connectivity index (χ2n) is 6.98. The summed E-state index contributed by atoms with van der Waals surface area (Å²) in [5.74, 6) is 0.947. The van der Waals surface area contributed by atoms with Crippen LogP contribution in [0.1, 0.15) is 49.8 Å². The van der Waals surface area contributed by atoms with Crippen molar-refractivity contribution in [2.75, 3.05) is 6.61 Å². The minimum atomic E-state index is -0.169. The smallest absolute Gasteiger partial charge is 0.223 e. The quantitative estimate of drug-likeness (QED) is 0.778. The average Bonchev–Trinajstić information content (AvgIpc) is 2.68. The number of halogens is 1. The van der Waals surface area contributed by atoms with Gasteiger partial charge in [0.1, 0.15) is 5.75 Å². The summed E-state index contributed by atoms with van der Waals surface area (Å²) in [5, 5.41) is 3.26. The summed E-state index contributed by atoms with van der Waals surface area (Å²) >= 11 is 0. The number of nitrogens with two attached hydrogens (primary N) is 1. The van der Waals surface area contributed by atoms with Gasteiger partial charge in [0.05, 0.1) is 12.6 Å². The van der Waals surface area contributed by atoms with Gasteiger partial charge in [0.25, 0.3) is 0 Å². The monoisotopic (exact) mass is 388 g/mol.